The number of thiocarbonyl (C=S) groups is 1. The molecule has 0 aliphatic carbocycles. The topological polar surface area (TPSA) is 523 Å². The maximum Gasteiger partial charge on any atom is 0.330 e. The first-order valence-electron chi connectivity index (χ1n) is 43.0. The van der Waals surface area contributed by atoms with E-state index in [0.717, 1.165) is 87.2 Å². The Kier molecular flexibility index (Phi) is 42.6. The second kappa shape index (κ2) is 49.0. The summed E-state index contributed by atoms with van der Waals surface area (Å²) in [4.78, 5) is 105. The average Bonchev–Trinajstić information content (AvgIpc) is 1.68. The van der Waals surface area contributed by atoms with Gasteiger partial charge in [0.05, 0.1) is 60.9 Å². The van der Waals surface area contributed by atoms with Crippen LogP contribution in [0, 0.1) is 5.92 Å². The van der Waals surface area contributed by atoms with Crippen molar-refractivity contribution in [2.75, 3.05) is 137 Å². The lowest BCUT2D eigenvalue weighted by atomic mass is 9.93. The molecule has 42 heteroatoms. The number of amides is 2. The Bertz CT molecular complexity index is 4540. The van der Waals surface area contributed by atoms with Crippen LogP contribution in [0.15, 0.2) is 83.1 Å². The van der Waals surface area contributed by atoms with Gasteiger partial charge >= 0.3 is 17.1 Å². The first-order valence-corrected chi connectivity index (χ1v) is 58.6. The number of ether oxygens (including phenoxy) is 5. The Morgan fingerprint density at radius 3 is 1.16 bits per heavy atom. The van der Waals surface area contributed by atoms with Gasteiger partial charge in [-0.05, 0) is 194 Å². The van der Waals surface area contributed by atoms with Crippen molar-refractivity contribution in [2.24, 2.45) is 5.92 Å². The van der Waals surface area contributed by atoms with E-state index >= 15 is 0 Å². The van der Waals surface area contributed by atoms with Crippen LogP contribution >= 0.6 is 46.6 Å². The number of rotatable bonds is 36. The summed E-state index contributed by atoms with van der Waals surface area (Å²) in [6.45, 7) is 30.8. The zero-order valence-electron chi connectivity index (χ0n) is 76.0. The lowest BCUT2D eigenvalue weighted by molar-refractivity contribution is -0.132. The number of aliphatic hydroxyl groups is 10. The average molecular weight is 1890 g/mol. The second-order valence-corrected chi connectivity index (χ2v) is 58.9. The lowest BCUT2D eigenvalue weighted by Gasteiger charge is -2.30. The van der Waals surface area contributed by atoms with E-state index in [0.29, 0.717) is 67.1 Å². The van der Waals surface area contributed by atoms with Crippen LogP contribution in [0.4, 0.5) is 0 Å². The van der Waals surface area contributed by atoms with Crippen molar-refractivity contribution in [1.82, 2.24) is 65.5 Å². The summed E-state index contributed by atoms with van der Waals surface area (Å²) in [6.07, 6.45) is 20.9. The highest BCUT2D eigenvalue weighted by atomic mass is 32.1. The minimum absolute atomic E-state index is 0.139. The van der Waals surface area contributed by atoms with Crippen LogP contribution in [0.1, 0.15) is 121 Å². The highest BCUT2D eigenvalue weighted by molar-refractivity contribution is 7.80. The molecular formula is C84H146N13O23P5S. The molecule has 0 saturated carbocycles. The number of nitrogens with zero attached hydrogens (tertiary/aromatic N) is 4. The van der Waals surface area contributed by atoms with Crippen molar-refractivity contribution in [1.29, 1.82) is 0 Å². The van der Waals surface area contributed by atoms with Gasteiger partial charge in [-0.15, -0.1) is 65.9 Å². The van der Waals surface area contributed by atoms with Crippen LogP contribution in [0.3, 0.4) is 0 Å². The van der Waals surface area contributed by atoms with Gasteiger partial charge in [-0.2, -0.15) is 0 Å². The molecule has 5 fully saturated rings. The predicted octanol–water partition coefficient (Wildman–Crippen LogP) is -0.170. The van der Waals surface area contributed by atoms with Gasteiger partial charge in [0.15, 0.2) is 11.3 Å². The Balaban J connectivity index is 0.000000244. The SMILES string of the molecule is C=C1NC(=S)N(C)C=C1[C@@H]1O[C@H](CCP(=C)(C)C)[C@@H](O)[C@H]1O.C=P(C)(C)CC[C@H]1O[C@@H](C2=CC(CNCCC)C(=O)NC2=O)[C@H](O)[C@@H]1O.C=P(C)(C)CC[C@H]1O[C@@H](c2cn(CNCCC)c(=O)[nH]c2=O)[C@H](O)[C@@H]1O.C=P(C)(C)CC[C@H]1O[C@@H](c2cn(CNCCC)c(=O)[nH]c2=O)[C@H](O)[C@@H]1O.C=P(C)(C)CC[C@H]1O[C@@H](n2cc(CNCCC)c(=O)[nH]c2=O)[C@H](O)[C@@H]1O. The molecule has 36 nitrogen and oxygen atoms in total. The van der Waals surface area contributed by atoms with Crippen molar-refractivity contribution < 1.29 is 84.3 Å². The molecule has 7 aliphatic rings. The number of carbonyl (C=O) groups excluding carboxylic acids is 2. The van der Waals surface area contributed by atoms with Gasteiger partial charge in [0, 0.05) is 67.3 Å². The fraction of sp³-hybridized carbons (Fsp3) is 0.690. The number of aromatic nitrogens is 6. The first-order chi connectivity index (χ1) is 58.6. The Morgan fingerprint density at radius 1 is 0.429 bits per heavy atom. The summed E-state index contributed by atoms with van der Waals surface area (Å²) < 4.78 is 32.9. The van der Waals surface area contributed by atoms with Gasteiger partial charge in [0.25, 0.3) is 22.6 Å². The molecule has 3 aromatic heterocycles. The van der Waals surface area contributed by atoms with Crippen LogP contribution in [-0.2, 0) is 53.2 Å². The van der Waals surface area contributed by atoms with Gasteiger partial charge in [0.2, 0.25) is 5.91 Å². The molecule has 126 heavy (non-hydrogen) atoms. The highest BCUT2D eigenvalue weighted by Crippen LogP contribution is 2.45. The molecule has 10 rings (SSSR count). The van der Waals surface area contributed by atoms with Crippen LogP contribution in [-0.4, -0.2) is 374 Å². The zero-order chi connectivity index (χ0) is 94.6. The number of imide groups is 1. The highest BCUT2D eigenvalue weighted by Gasteiger charge is 2.50. The molecule has 1 unspecified atom stereocenters. The van der Waals surface area contributed by atoms with Crippen molar-refractivity contribution in [2.45, 2.75) is 228 Å². The molecule has 19 N–H and O–H groups in total. The second-order valence-electron chi connectivity index (χ2n) is 36.9. The molecule has 3 aromatic rings. The van der Waals surface area contributed by atoms with E-state index in [2.05, 4.69) is 152 Å². The minimum atomic E-state index is -1.29. The van der Waals surface area contributed by atoms with E-state index in [4.69, 9.17) is 35.9 Å². The number of carbonyl (C=O) groups is 2. The third kappa shape index (κ3) is 32.6. The summed E-state index contributed by atoms with van der Waals surface area (Å²) >= 11 is 5.14. The fourth-order valence-corrected chi connectivity index (χ4v) is 19.5. The number of H-pyrrole nitrogens is 3. The van der Waals surface area contributed by atoms with Crippen molar-refractivity contribution >= 4 is 95.1 Å². The molecule has 716 valence electrons. The van der Waals surface area contributed by atoms with Crippen LogP contribution in [0.2, 0.25) is 0 Å². The molecule has 2 amide bonds. The van der Waals surface area contributed by atoms with Gasteiger partial charge in [-0.25, -0.2) is 14.4 Å². The largest absolute Gasteiger partial charge is 0.388 e. The van der Waals surface area contributed by atoms with Crippen LogP contribution in [0.25, 0.3) is 0 Å². The Morgan fingerprint density at radius 2 is 0.770 bits per heavy atom. The van der Waals surface area contributed by atoms with Crippen LogP contribution < -0.4 is 65.6 Å². The molecule has 10 heterocycles. The molecule has 0 radical (unpaired) electrons. The minimum Gasteiger partial charge on any atom is -0.388 e. The molecule has 0 bridgehead atoms. The number of hydrogen-bond donors (Lipinski definition) is 19. The molecule has 0 spiro atoms. The Hall–Kier alpha value is -5.17. The number of hydrogen-bond acceptors (Lipinski definition) is 28. The third-order valence-corrected chi connectivity index (χ3v) is 29.7. The first kappa shape index (κ1) is 110. The van der Waals surface area contributed by atoms with Gasteiger partial charge in [-0.3, -0.25) is 68.6 Å². The van der Waals surface area contributed by atoms with Crippen molar-refractivity contribution in [3.05, 3.63) is 133 Å². The monoisotopic (exact) mass is 1890 g/mol. The van der Waals surface area contributed by atoms with Crippen molar-refractivity contribution in [3.63, 3.8) is 0 Å². The normalized spacial score (nSPS) is 28.8. The van der Waals surface area contributed by atoms with Gasteiger partial charge in [0.1, 0.15) is 85.5 Å². The number of nitrogens with one attached hydrogen (secondary N) is 9. The summed E-state index contributed by atoms with van der Waals surface area (Å²) in [5.74, 6) is -1.44. The number of aromatic amines is 3. The van der Waals surface area contributed by atoms with Gasteiger partial charge in [-0.1, -0.05) is 40.3 Å². The van der Waals surface area contributed by atoms with Gasteiger partial charge < -0.3 is 95.6 Å². The standard InChI is InChI=1S/C18H31N2O5P.3C17H30N3O5P.C15H25N2O3PS/c1-5-7-19-10-11-9-12(18(24)20-17(11)23)16-15(22)14(21)13(25-16)6-8-26(2,3)4;2*1-5-7-18-10-20-9-11(16(23)19-17(20)24)15-14(22)13(21)12(25-15)6-8-26(2,3)4;1-5-7-18-9-11-10-20(17(24)19-15(11)23)16-14(22)13(21)12(25-16)6-8-26(2,3)4;1-9-10(8-17(2)15(22)16-9)14-13(19)12(18)11(20-14)6-7-21(3,4)5/h9,11,13-16,19,21-22H,2,5-8,10H2,1,3-4H3,(H,20,23,24);2*9,12-15,18,21-22H,2,5-8,10H2,1,3-4H3,(H,19,23,24);10,12-14,16,18,21-22H,2,5-9H2,1,3-4H3,(H,19,23,24);8,11-14,18-19H,1,3,6-7H2,2,4-5H3,(H,16,22)/t11?,13-,14-,15-,16+;2*12-,13-,14-,15+;12-,13-,14-,16-;11-,12-,13-,14+/m11111/s1. The maximum absolute atomic E-state index is 12.2. The lowest BCUT2D eigenvalue weighted by Crippen LogP contribution is -2.47. The summed E-state index contributed by atoms with van der Waals surface area (Å²) in [7, 11) is 1.81. The third-order valence-electron chi connectivity index (χ3n) is 21.9. The van der Waals surface area contributed by atoms with E-state index in [1.165, 1.54) is 27.7 Å². The van der Waals surface area contributed by atoms with Crippen molar-refractivity contribution in [3.8, 4) is 0 Å². The molecule has 0 aromatic carbocycles. The molecule has 7 aliphatic heterocycles. The summed E-state index contributed by atoms with van der Waals surface area (Å²) in [6, 6.07) is 0. The maximum atomic E-state index is 12.2. The quantitative estimate of drug-likeness (QED) is 0.0155. The molecule has 21 atom stereocenters. The van der Waals surface area contributed by atoms with E-state index in [9.17, 15) is 89.4 Å². The Labute approximate surface area is 745 Å². The summed E-state index contributed by atoms with van der Waals surface area (Å²) in [5, 5.41) is 122. The fourth-order valence-electron chi connectivity index (χ4n) is 14.6. The zero-order valence-corrected chi connectivity index (χ0v) is 81.3. The molecular weight excluding hydrogens is 1750 g/mol. The number of aliphatic hydroxyl groups excluding tert-OH is 10. The predicted molar refractivity (Wildman–Crippen MR) is 515 cm³/mol. The summed E-state index contributed by atoms with van der Waals surface area (Å²) in [5.41, 5.74) is -1.24. The van der Waals surface area contributed by atoms with E-state index in [1.807, 2.05) is 34.7 Å². The van der Waals surface area contributed by atoms with E-state index < -0.39 is 196 Å². The van der Waals surface area contributed by atoms with E-state index in [-0.39, 0.29) is 42.0 Å². The smallest absolute Gasteiger partial charge is 0.330 e. The van der Waals surface area contributed by atoms with E-state index in [1.54, 1.807) is 17.2 Å². The molecule has 5 saturated heterocycles. The van der Waals surface area contributed by atoms with Crippen LogP contribution in [0.5, 0.6) is 0 Å².